The van der Waals surface area contributed by atoms with Crippen molar-refractivity contribution in [3.05, 3.63) is 35.6 Å². The van der Waals surface area contributed by atoms with Crippen LogP contribution >= 0.6 is 0 Å². The average Bonchev–Trinajstić information content (AvgIpc) is 2.54. The fraction of sp³-hybridized carbons (Fsp3) is 0.526. The van der Waals surface area contributed by atoms with Gasteiger partial charge in [-0.25, -0.2) is 18.8 Å². The molecule has 0 aromatic heterocycles. The predicted octanol–water partition coefficient (Wildman–Crippen LogP) is 2.92. The number of ether oxygens (including phenoxy) is 1. The third-order valence-electron chi connectivity index (χ3n) is 4.56. The number of piperidine rings is 1. The second-order valence-corrected chi connectivity index (χ2v) is 7.79. The molecule has 0 aliphatic carbocycles. The maximum atomic E-state index is 13.1. The Bertz CT molecular complexity index is 711. The molecule has 0 radical (unpaired) electrons. The van der Waals surface area contributed by atoms with Crippen molar-refractivity contribution in [3.8, 4) is 0 Å². The first-order valence-electron chi connectivity index (χ1n) is 8.67. The van der Waals surface area contributed by atoms with E-state index in [4.69, 9.17) is 4.74 Å². The number of aliphatic carboxylic acids is 2. The van der Waals surface area contributed by atoms with Gasteiger partial charge in [0.25, 0.3) is 0 Å². The number of carbonyl (C=O) groups excluding carboxylic acids is 1. The van der Waals surface area contributed by atoms with E-state index >= 15 is 0 Å². The number of benzene rings is 1. The van der Waals surface area contributed by atoms with Gasteiger partial charge in [0, 0.05) is 6.54 Å². The second-order valence-electron chi connectivity index (χ2n) is 7.79. The van der Waals surface area contributed by atoms with Gasteiger partial charge in [0.15, 0.2) is 0 Å². The lowest BCUT2D eigenvalue weighted by molar-refractivity contribution is -0.171. The Hall–Kier alpha value is -2.64. The molecule has 1 unspecified atom stereocenters. The van der Waals surface area contributed by atoms with Gasteiger partial charge in [0.2, 0.25) is 5.54 Å². The molecule has 1 amide bonds. The Morgan fingerprint density at radius 1 is 1.19 bits per heavy atom. The van der Waals surface area contributed by atoms with Crippen LogP contribution in [-0.2, 0) is 20.7 Å². The van der Waals surface area contributed by atoms with E-state index in [2.05, 4.69) is 0 Å². The summed E-state index contributed by atoms with van der Waals surface area (Å²) in [5.41, 5.74) is -2.51. The lowest BCUT2D eigenvalue weighted by Gasteiger charge is -2.44. The number of carboxylic acid groups (broad SMARTS) is 2. The summed E-state index contributed by atoms with van der Waals surface area (Å²) in [5, 5.41) is 19.4. The number of carbonyl (C=O) groups is 3. The zero-order valence-electron chi connectivity index (χ0n) is 15.6. The summed E-state index contributed by atoms with van der Waals surface area (Å²) < 4.78 is 18.3. The third-order valence-corrected chi connectivity index (χ3v) is 4.56. The van der Waals surface area contributed by atoms with Crippen LogP contribution in [0.25, 0.3) is 0 Å². The highest BCUT2D eigenvalue weighted by Crippen LogP contribution is 2.36. The van der Waals surface area contributed by atoms with Crippen molar-refractivity contribution in [3.63, 3.8) is 0 Å². The molecule has 1 atom stereocenters. The summed E-state index contributed by atoms with van der Waals surface area (Å²) in [6, 6.07) is 5.76. The van der Waals surface area contributed by atoms with Crippen molar-refractivity contribution in [2.75, 3.05) is 6.54 Å². The monoisotopic (exact) mass is 381 g/mol. The summed E-state index contributed by atoms with van der Waals surface area (Å²) in [4.78, 5) is 37.2. The van der Waals surface area contributed by atoms with Crippen LogP contribution in [0.4, 0.5) is 9.18 Å². The largest absolute Gasteiger partial charge is 0.479 e. The van der Waals surface area contributed by atoms with E-state index in [0.29, 0.717) is 12.8 Å². The first-order chi connectivity index (χ1) is 12.5. The van der Waals surface area contributed by atoms with Crippen LogP contribution < -0.4 is 0 Å². The molecule has 2 N–H and O–H groups in total. The van der Waals surface area contributed by atoms with Gasteiger partial charge >= 0.3 is 18.0 Å². The molecule has 1 heterocycles. The highest BCUT2D eigenvalue weighted by atomic mass is 19.1. The van der Waals surface area contributed by atoms with Crippen molar-refractivity contribution in [1.29, 1.82) is 0 Å². The van der Waals surface area contributed by atoms with Crippen molar-refractivity contribution in [2.24, 2.45) is 5.92 Å². The minimum atomic E-state index is -2.40. The molecule has 1 saturated heterocycles. The second kappa shape index (κ2) is 7.54. The standard InChI is InChI=1S/C19H24FNO6/c1-18(2,3)27-17(26)21-9-8-13(10-12-4-6-14(20)7-5-12)11-19(21,15(22)23)16(24)25/h4-7,13H,8-11H2,1-3H3,(H,22,23)(H,24,25). The van der Waals surface area contributed by atoms with E-state index in [1.807, 2.05) is 0 Å². The number of halogens is 1. The molecular formula is C19H24FNO6. The van der Waals surface area contributed by atoms with Gasteiger partial charge in [-0.15, -0.1) is 0 Å². The minimum Gasteiger partial charge on any atom is -0.479 e. The lowest BCUT2D eigenvalue weighted by atomic mass is 9.77. The first-order valence-corrected chi connectivity index (χ1v) is 8.67. The molecule has 0 bridgehead atoms. The van der Waals surface area contributed by atoms with Gasteiger partial charge in [0.1, 0.15) is 11.4 Å². The fourth-order valence-electron chi connectivity index (χ4n) is 3.32. The Morgan fingerprint density at radius 3 is 2.22 bits per heavy atom. The molecule has 0 spiro atoms. The number of hydrogen-bond acceptors (Lipinski definition) is 4. The van der Waals surface area contributed by atoms with Gasteiger partial charge in [-0.2, -0.15) is 0 Å². The smallest absolute Gasteiger partial charge is 0.411 e. The maximum absolute atomic E-state index is 13.1. The predicted molar refractivity (Wildman–Crippen MR) is 93.8 cm³/mol. The normalized spacial score (nSPS) is 19.4. The Kier molecular flexibility index (Phi) is 5.77. The van der Waals surface area contributed by atoms with Gasteiger partial charge in [0.05, 0.1) is 0 Å². The van der Waals surface area contributed by atoms with Crippen molar-refractivity contribution >= 4 is 18.0 Å². The quantitative estimate of drug-likeness (QED) is 0.777. The van der Waals surface area contributed by atoms with Crippen molar-refractivity contribution in [2.45, 2.75) is 51.2 Å². The third kappa shape index (κ3) is 4.56. The van der Waals surface area contributed by atoms with Crippen LogP contribution in [0, 0.1) is 11.7 Å². The summed E-state index contributed by atoms with van der Waals surface area (Å²) in [6.07, 6.45) is -0.412. The van der Waals surface area contributed by atoms with E-state index in [0.717, 1.165) is 10.5 Å². The highest BCUT2D eigenvalue weighted by molar-refractivity contribution is 6.05. The minimum absolute atomic E-state index is 0.0562. The molecule has 0 saturated carbocycles. The number of rotatable bonds is 4. The molecule has 8 heteroatoms. The van der Waals surface area contributed by atoms with Gasteiger partial charge < -0.3 is 14.9 Å². The first kappa shape index (κ1) is 20.7. The van der Waals surface area contributed by atoms with Gasteiger partial charge in [-0.1, -0.05) is 12.1 Å². The molecule has 1 aliphatic heterocycles. The van der Waals surface area contributed by atoms with Crippen LogP contribution in [-0.4, -0.2) is 50.8 Å². The molecule has 7 nitrogen and oxygen atoms in total. The fourth-order valence-corrected chi connectivity index (χ4v) is 3.32. The molecule has 1 fully saturated rings. The molecule has 148 valence electrons. The van der Waals surface area contributed by atoms with Crippen LogP contribution in [0.15, 0.2) is 24.3 Å². The number of hydrogen-bond donors (Lipinski definition) is 2. The lowest BCUT2D eigenvalue weighted by Crippen LogP contribution is -2.66. The number of nitrogens with zero attached hydrogens (tertiary/aromatic N) is 1. The SMILES string of the molecule is CC(C)(C)OC(=O)N1CCC(Cc2ccc(F)cc2)CC1(C(=O)O)C(=O)O. The molecule has 2 rings (SSSR count). The average molecular weight is 381 g/mol. The Labute approximate surface area is 156 Å². The van der Waals surface area contributed by atoms with E-state index < -0.39 is 29.2 Å². The van der Waals surface area contributed by atoms with Crippen LogP contribution in [0.2, 0.25) is 0 Å². The topological polar surface area (TPSA) is 104 Å². The maximum Gasteiger partial charge on any atom is 0.411 e. The zero-order valence-corrected chi connectivity index (χ0v) is 15.6. The van der Waals surface area contributed by atoms with Crippen molar-refractivity contribution < 1.29 is 33.7 Å². The van der Waals surface area contributed by atoms with Crippen LogP contribution in [0.1, 0.15) is 39.2 Å². The van der Waals surface area contributed by atoms with Gasteiger partial charge in [-0.3, -0.25) is 4.90 Å². The zero-order chi connectivity index (χ0) is 20.4. The summed E-state index contributed by atoms with van der Waals surface area (Å²) in [6.45, 7) is 4.81. The molecule has 1 aromatic carbocycles. The van der Waals surface area contributed by atoms with E-state index in [-0.39, 0.29) is 24.7 Å². The Balaban J connectivity index is 2.29. The van der Waals surface area contributed by atoms with E-state index in [1.165, 1.54) is 12.1 Å². The molecule has 1 aliphatic rings. The van der Waals surface area contributed by atoms with Gasteiger partial charge in [-0.05, 0) is 63.6 Å². The van der Waals surface area contributed by atoms with Crippen LogP contribution in [0.3, 0.4) is 0 Å². The van der Waals surface area contributed by atoms with Crippen molar-refractivity contribution in [1.82, 2.24) is 4.90 Å². The highest BCUT2D eigenvalue weighted by Gasteiger charge is 2.58. The molecule has 1 aromatic rings. The molecule has 27 heavy (non-hydrogen) atoms. The van der Waals surface area contributed by atoms with E-state index in [9.17, 15) is 29.0 Å². The number of amides is 1. The van der Waals surface area contributed by atoms with E-state index in [1.54, 1.807) is 32.9 Å². The molecular weight excluding hydrogens is 357 g/mol. The summed E-state index contributed by atoms with van der Waals surface area (Å²) in [5.74, 6) is -3.89. The van der Waals surface area contributed by atoms with Crippen LogP contribution in [0.5, 0.6) is 0 Å². The Morgan fingerprint density at radius 2 is 1.74 bits per heavy atom. The summed E-state index contributed by atoms with van der Waals surface area (Å²) in [7, 11) is 0. The number of carboxylic acids is 2. The number of likely N-dealkylation sites (tertiary alicyclic amines) is 1. The summed E-state index contributed by atoms with van der Waals surface area (Å²) >= 11 is 0.